The van der Waals surface area contributed by atoms with Gasteiger partial charge in [-0.3, -0.25) is 24.1 Å². The molecule has 0 unspecified atom stereocenters. The Morgan fingerprint density at radius 3 is 2.37 bits per heavy atom. The first kappa shape index (κ1) is 26.5. The quantitative estimate of drug-likeness (QED) is 0.385. The number of hydrogen-bond acceptors (Lipinski definition) is 7. The maximum absolute atomic E-state index is 12.8. The van der Waals surface area contributed by atoms with E-state index in [1.54, 1.807) is 48.5 Å². The van der Waals surface area contributed by atoms with Gasteiger partial charge in [-0.05, 0) is 72.3 Å². The third-order valence-corrected chi connectivity index (χ3v) is 6.29. The summed E-state index contributed by atoms with van der Waals surface area (Å²) in [5, 5.41) is 4.90. The second-order valence-corrected chi connectivity index (χ2v) is 9.29. The van der Waals surface area contributed by atoms with E-state index in [1.165, 1.54) is 13.2 Å². The fraction of sp³-hybridized carbons (Fsp3) is 0.143. The molecule has 1 fully saturated rings. The number of thioether (sulfide) groups is 1. The number of ether oxygens (including phenoxy) is 2. The van der Waals surface area contributed by atoms with Gasteiger partial charge in [0.05, 0.1) is 12.0 Å². The van der Waals surface area contributed by atoms with E-state index in [0.29, 0.717) is 28.4 Å². The van der Waals surface area contributed by atoms with Crippen LogP contribution in [-0.2, 0) is 14.4 Å². The van der Waals surface area contributed by atoms with Crippen molar-refractivity contribution in [2.24, 2.45) is 0 Å². The van der Waals surface area contributed by atoms with Crippen molar-refractivity contribution < 1.29 is 28.7 Å². The number of imide groups is 1. The number of amides is 4. The van der Waals surface area contributed by atoms with E-state index in [0.717, 1.165) is 22.2 Å². The number of hydrogen-bond donors (Lipinski definition) is 2. The number of rotatable bonds is 9. The molecule has 4 amide bonds. The average molecular weight is 532 g/mol. The van der Waals surface area contributed by atoms with Crippen LogP contribution >= 0.6 is 11.8 Å². The zero-order valence-electron chi connectivity index (χ0n) is 20.7. The number of nitrogens with zero attached hydrogens (tertiary/aromatic N) is 1. The van der Waals surface area contributed by atoms with Gasteiger partial charge in [0.15, 0.2) is 18.1 Å². The highest BCUT2D eigenvalue weighted by atomic mass is 32.2. The molecule has 1 saturated heterocycles. The number of aryl methyl sites for hydroxylation is 1. The van der Waals surface area contributed by atoms with Gasteiger partial charge < -0.3 is 20.1 Å². The Balaban J connectivity index is 1.38. The highest BCUT2D eigenvalue weighted by molar-refractivity contribution is 8.18. The standard InChI is InChI=1S/C28H25N3O6S/c1-18-7-6-10-21(13-18)30-25(32)16-31-27(34)24(38-28(31)35)15-19-11-12-22(23(14-19)36-2)37-17-26(33)29-20-8-4-3-5-9-20/h3-15H,16-17H2,1-2H3,(H,29,33)(H,30,32)/b24-15-. The van der Waals surface area contributed by atoms with Gasteiger partial charge in [0, 0.05) is 11.4 Å². The van der Waals surface area contributed by atoms with Crippen LogP contribution in [0.5, 0.6) is 11.5 Å². The third-order valence-electron chi connectivity index (χ3n) is 5.38. The fourth-order valence-corrected chi connectivity index (χ4v) is 4.45. The summed E-state index contributed by atoms with van der Waals surface area (Å²) in [5.41, 5.74) is 2.80. The Morgan fingerprint density at radius 1 is 0.895 bits per heavy atom. The van der Waals surface area contributed by atoms with E-state index in [9.17, 15) is 19.2 Å². The molecule has 4 rings (SSSR count). The normalized spacial score (nSPS) is 13.9. The van der Waals surface area contributed by atoms with E-state index in [4.69, 9.17) is 9.47 Å². The van der Waals surface area contributed by atoms with Gasteiger partial charge in [-0.1, -0.05) is 36.4 Å². The van der Waals surface area contributed by atoms with Crippen molar-refractivity contribution in [2.75, 3.05) is 30.9 Å². The van der Waals surface area contributed by atoms with Crippen molar-refractivity contribution in [2.45, 2.75) is 6.92 Å². The molecule has 1 aliphatic rings. The minimum atomic E-state index is -0.559. The second-order valence-electron chi connectivity index (χ2n) is 8.30. The molecule has 0 bridgehead atoms. The molecule has 0 atom stereocenters. The molecule has 0 aromatic heterocycles. The van der Waals surface area contributed by atoms with Gasteiger partial charge in [0.2, 0.25) is 5.91 Å². The zero-order valence-corrected chi connectivity index (χ0v) is 21.5. The summed E-state index contributed by atoms with van der Waals surface area (Å²) in [6, 6.07) is 21.1. The fourth-order valence-electron chi connectivity index (χ4n) is 3.61. The molecule has 194 valence electrons. The van der Waals surface area contributed by atoms with Gasteiger partial charge in [0.25, 0.3) is 17.1 Å². The van der Waals surface area contributed by atoms with Crippen molar-refractivity contribution in [1.29, 1.82) is 0 Å². The first-order chi connectivity index (χ1) is 18.3. The summed E-state index contributed by atoms with van der Waals surface area (Å²) >= 11 is 0.754. The Bertz CT molecular complexity index is 1410. The van der Waals surface area contributed by atoms with E-state index >= 15 is 0 Å². The van der Waals surface area contributed by atoms with Crippen LogP contribution in [0, 0.1) is 6.92 Å². The summed E-state index contributed by atoms with van der Waals surface area (Å²) in [6.45, 7) is 1.28. The molecule has 0 spiro atoms. The van der Waals surface area contributed by atoms with Crippen molar-refractivity contribution in [3.8, 4) is 11.5 Å². The lowest BCUT2D eigenvalue weighted by Gasteiger charge is -2.13. The molecule has 1 heterocycles. The van der Waals surface area contributed by atoms with Crippen LogP contribution in [0.25, 0.3) is 6.08 Å². The number of para-hydroxylation sites is 1. The van der Waals surface area contributed by atoms with Crippen LogP contribution in [0.15, 0.2) is 77.7 Å². The molecule has 0 saturated carbocycles. The summed E-state index contributed by atoms with van der Waals surface area (Å²) in [7, 11) is 1.46. The number of benzene rings is 3. The molecule has 0 aliphatic carbocycles. The largest absolute Gasteiger partial charge is 0.493 e. The molecular weight excluding hydrogens is 506 g/mol. The lowest BCUT2D eigenvalue weighted by Crippen LogP contribution is -2.36. The Morgan fingerprint density at radius 2 is 1.63 bits per heavy atom. The van der Waals surface area contributed by atoms with Gasteiger partial charge in [0.1, 0.15) is 6.54 Å². The molecule has 9 nitrogen and oxygen atoms in total. The molecule has 3 aromatic carbocycles. The molecule has 0 radical (unpaired) electrons. The van der Waals surface area contributed by atoms with Crippen molar-refractivity contribution >= 4 is 52.2 Å². The van der Waals surface area contributed by atoms with Crippen molar-refractivity contribution in [1.82, 2.24) is 4.90 Å². The van der Waals surface area contributed by atoms with Crippen LogP contribution < -0.4 is 20.1 Å². The topological polar surface area (TPSA) is 114 Å². The van der Waals surface area contributed by atoms with Gasteiger partial charge >= 0.3 is 0 Å². The number of nitrogens with one attached hydrogen (secondary N) is 2. The predicted molar refractivity (Wildman–Crippen MR) is 146 cm³/mol. The van der Waals surface area contributed by atoms with Crippen LogP contribution in [0.2, 0.25) is 0 Å². The summed E-state index contributed by atoms with van der Waals surface area (Å²) in [4.78, 5) is 51.0. The van der Waals surface area contributed by atoms with Gasteiger partial charge in [-0.2, -0.15) is 0 Å². The van der Waals surface area contributed by atoms with E-state index < -0.39 is 23.6 Å². The molecule has 10 heteroatoms. The minimum absolute atomic E-state index is 0.177. The average Bonchev–Trinajstić information content (AvgIpc) is 3.15. The van der Waals surface area contributed by atoms with Crippen molar-refractivity contribution in [3.05, 3.63) is 88.8 Å². The molecular formula is C28H25N3O6S. The molecule has 3 aromatic rings. The maximum Gasteiger partial charge on any atom is 0.294 e. The molecule has 2 N–H and O–H groups in total. The SMILES string of the molecule is COc1cc(/C=C2\SC(=O)N(CC(=O)Nc3cccc(C)c3)C2=O)ccc1OCC(=O)Nc1ccccc1. The van der Waals surface area contributed by atoms with Gasteiger partial charge in [-0.15, -0.1) is 0 Å². The zero-order chi connectivity index (χ0) is 27.1. The van der Waals surface area contributed by atoms with E-state index in [-0.39, 0.29) is 17.4 Å². The minimum Gasteiger partial charge on any atom is -0.493 e. The Kier molecular flexibility index (Phi) is 8.44. The first-order valence-corrected chi connectivity index (χ1v) is 12.4. The monoisotopic (exact) mass is 531 g/mol. The van der Waals surface area contributed by atoms with Crippen molar-refractivity contribution in [3.63, 3.8) is 0 Å². The summed E-state index contributed by atoms with van der Waals surface area (Å²) < 4.78 is 11.0. The van der Waals surface area contributed by atoms with Crippen LogP contribution in [0.1, 0.15) is 11.1 Å². The summed E-state index contributed by atoms with van der Waals surface area (Å²) in [6.07, 6.45) is 1.54. The van der Waals surface area contributed by atoms with Crippen LogP contribution in [0.4, 0.5) is 16.2 Å². The van der Waals surface area contributed by atoms with E-state index in [1.807, 2.05) is 31.2 Å². The highest BCUT2D eigenvalue weighted by Gasteiger charge is 2.36. The van der Waals surface area contributed by atoms with E-state index in [2.05, 4.69) is 10.6 Å². The third kappa shape index (κ3) is 6.80. The van der Waals surface area contributed by atoms with Gasteiger partial charge in [-0.25, -0.2) is 0 Å². The number of carbonyl (C=O) groups excluding carboxylic acids is 4. The number of carbonyl (C=O) groups is 4. The highest BCUT2D eigenvalue weighted by Crippen LogP contribution is 2.34. The lowest BCUT2D eigenvalue weighted by atomic mass is 10.2. The Hall–Kier alpha value is -4.57. The molecule has 38 heavy (non-hydrogen) atoms. The summed E-state index contributed by atoms with van der Waals surface area (Å²) in [5.74, 6) is -0.672. The molecule has 1 aliphatic heterocycles. The number of methoxy groups -OCH3 is 1. The first-order valence-electron chi connectivity index (χ1n) is 11.6. The Labute approximate surface area is 223 Å². The maximum atomic E-state index is 12.8. The predicted octanol–water partition coefficient (Wildman–Crippen LogP) is 4.70. The smallest absolute Gasteiger partial charge is 0.294 e. The number of anilines is 2. The lowest BCUT2D eigenvalue weighted by molar-refractivity contribution is -0.127. The second kappa shape index (κ2) is 12.1. The van der Waals surface area contributed by atoms with Crippen LogP contribution in [0.3, 0.4) is 0 Å². The van der Waals surface area contributed by atoms with Crippen LogP contribution in [-0.4, -0.2) is 48.1 Å².